The number of hydrogen-bond acceptors (Lipinski definition) is 3. The van der Waals surface area contributed by atoms with Crippen molar-refractivity contribution in [2.75, 3.05) is 26.2 Å². The Bertz CT molecular complexity index is 270. The van der Waals surface area contributed by atoms with Gasteiger partial charge in [0.15, 0.2) is 0 Å². The van der Waals surface area contributed by atoms with Gasteiger partial charge in [0, 0.05) is 32.1 Å². The van der Waals surface area contributed by atoms with E-state index in [2.05, 4.69) is 0 Å². The maximum atomic E-state index is 11.8. The Labute approximate surface area is 95.6 Å². The van der Waals surface area contributed by atoms with Crippen LogP contribution in [0, 0.1) is 5.92 Å². The summed E-state index contributed by atoms with van der Waals surface area (Å²) in [7, 11) is 0. The van der Waals surface area contributed by atoms with E-state index in [9.17, 15) is 9.59 Å². The molecule has 2 amide bonds. The Hall–Kier alpha value is -1.10. The predicted molar refractivity (Wildman–Crippen MR) is 59.5 cm³/mol. The quantitative estimate of drug-likeness (QED) is 0.683. The van der Waals surface area contributed by atoms with Crippen molar-refractivity contribution >= 4 is 11.8 Å². The average molecular weight is 225 g/mol. The van der Waals surface area contributed by atoms with Gasteiger partial charge in [0.05, 0.1) is 6.04 Å². The second-order valence-corrected chi connectivity index (χ2v) is 4.71. The van der Waals surface area contributed by atoms with Gasteiger partial charge in [-0.3, -0.25) is 9.59 Å². The monoisotopic (exact) mass is 225 g/mol. The van der Waals surface area contributed by atoms with Gasteiger partial charge in [0.1, 0.15) is 0 Å². The lowest BCUT2D eigenvalue weighted by molar-refractivity contribution is -0.140. The highest BCUT2D eigenvalue weighted by Gasteiger charge is 2.35. The van der Waals surface area contributed by atoms with Crippen LogP contribution >= 0.6 is 0 Å². The lowest BCUT2D eigenvalue weighted by atomic mass is 10.2. The molecule has 1 heterocycles. The second kappa shape index (κ2) is 4.41. The summed E-state index contributed by atoms with van der Waals surface area (Å²) in [6.07, 6.45) is 2.08. The molecule has 1 aliphatic carbocycles. The average Bonchev–Trinajstić information content (AvgIpc) is 3.11. The van der Waals surface area contributed by atoms with Gasteiger partial charge in [0.25, 0.3) is 0 Å². The molecule has 1 saturated heterocycles. The SMILES string of the molecule is C[C@@H](N)C(=O)N1CCN(C(=O)C2CC2)CC1. The molecule has 0 aromatic carbocycles. The standard InChI is InChI=1S/C11H19N3O2/c1-8(12)10(15)13-4-6-14(7-5-13)11(16)9-2-3-9/h8-9H,2-7,12H2,1H3/t8-/m1/s1. The van der Waals surface area contributed by atoms with Crippen molar-refractivity contribution in [3.05, 3.63) is 0 Å². The van der Waals surface area contributed by atoms with Crippen molar-refractivity contribution in [1.82, 2.24) is 9.80 Å². The molecule has 2 aliphatic rings. The molecule has 2 fully saturated rings. The van der Waals surface area contributed by atoms with E-state index in [0.29, 0.717) is 26.2 Å². The minimum absolute atomic E-state index is 0.0153. The minimum atomic E-state index is -0.439. The number of carbonyl (C=O) groups excluding carboxylic acids is 2. The van der Waals surface area contributed by atoms with Crippen LogP contribution in [0.3, 0.4) is 0 Å². The summed E-state index contributed by atoms with van der Waals surface area (Å²) in [5.41, 5.74) is 5.55. The molecule has 2 rings (SSSR count). The van der Waals surface area contributed by atoms with Gasteiger partial charge in [-0.15, -0.1) is 0 Å². The molecule has 1 aliphatic heterocycles. The van der Waals surface area contributed by atoms with E-state index in [4.69, 9.17) is 5.73 Å². The number of nitrogens with two attached hydrogens (primary N) is 1. The second-order valence-electron chi connectivity index (χ2n) is 4.71. The number of hydrogen-bond donors (Lipinski definition) is 1. The van der Waals surface area contributed by atoms with Crippen LogP contribution < -0.4 is 5.73 Å². The summed E-state index contributed by atoms with van der Waals surface area (Å²) in [4.78, 5) is 27.0. The van der Waals surface area contributed by atoms with Crippen LogP contribution in [0.4, 0.5) is 0 Å². The third-order valence-corrected chi connectivity index (χ3v) is 3.22. The van der Waals surface area contributed by atoms with E-state index >= 15 is 0 Å². The zero-order chi connectivity index (χ0) is 11.7. The van der Waals surface area contributed by atoms with Crippen LogP contribution in [0.5, 0.6) is 0 Å². The van der Waals surface area contributed by atoms with Gasteiger partial charge in [0.2, 0.25) is 11.8 Å². The summed E-state index contributed by atoms with van der Waals surface area (Å²) in [6, 6.07) is -0.439. The smallest absolute Gasteiger partial charge is 0.239 e. The highest BCUT2D eigenvalue weighted by molar-refractivity contribution is 5.83. The van der Waals surface area contributed by atoms with E-state index in [1.807, 2.05) is 4.90 Å². The fraction of sp³-hybridized carbons (Fsp3) is 0.818. The lowest BCUT2D eigenvalue weighted by Crippen LogP contribution is -2.54. The van der Waals surface area contributed by atoms with Gasteiger partial charge < -0.3 is 15.5 Å². The number of nitrogens with zero attached hydrogens (tertiary/aromatic N) is 2. The Morgan fingerprint density at radius 2 is 1.62 bits per heavy atom. The molecule has 90 valence electrons. The predicted octanol–water partition coefficient (Wildman–Crippen LogP) is -0.586. The largest absolute Gasteiger partial charge is 0.339 e. The third kappa shape index (κ3) is 2.35. The summed E-state index contributed by atoms with van der Waals surface area (Å²) in [5, 5.41) is 0. The van der Waals surface area contributed by atoms with Crippen molar-refractivity contribution in [1.29, 1.82) is 0 Å². The first-order valence-electron chi connectivity index (χ1n) is 5.92. The summed E-state index contributed by atoms with van der Waals surface area (Å²) in [5.74, 6) is 0.530. The van der Waals surface area contributed by atoms with Gasteiger partial charge in [-0.1, -0.05) is 0 Å². The van der Waals surface area contributed by atoms with E-state index in [1.54, 1.807) is 11.8 Å². The zero-order valence-corrected chi connectivity index (χ0v) is 9.69. The summed E-state index contributed by atoms with van der Waals surface area (Å²) in [6.45, 7) is 4.27. The Kier molecular flexibility index (Phi) is 3.14. The van der Waals surface area contributed by atoms with Crippen LogP contribution in [-0.4, -0.2) is 53.8 Å². The normalized spacial score (nSPS) is 23.1. The molecule has 2 N–H and O–H groups in total. The molecule has 0 spiro atoms. The molecule has 0 aromatic heterocycles. The van der Waals surface area contributed by atoms with E-state index in [-0.39, 0.29) is 17.7 Å². The molecule has 0 aromatic rings. The van der Waals surface area contributed by atoms with Crippen LogP contribution in [0.25, 0.3) is 0 Å². The minimum Gasteiger partial charge on any atom is -0.339 e. The number of carbonyl (C=O) groups is 2. The van der Waals surface area contributed by atoms with Crippen molar-refractivity contribution < 1.29 is 9.59 Å². The third-order valence-electron chi connectivity index (χ3n) is 3.22. The molecular formula is C11H19N3O2. The van der Waals surface area contributed by atoms with Crippen molar-refractivity contribution in [2.24, 2.45) is 11.7 Å². The van der Waals surface area contributed by atoms with Crippen molar-refractivity contribution in [3.8, 4) is 0 Å². The Morgan fingerprint density at radius 3 is 2.06 bits per heavy atom. The first kappa shape index (κ1) is 11.4. The van der Waals surface area contributed by atoms with Gasteiger partial charge in [-0.05, 0) is 19.8 Å². The maximum absolute atomic E-state index is 11.8. The first-order chi connectivity index (χ1) is 7.59. The molecule has 0 unspecified atom stereocenters. The molecule has 0 bridgehead atoms. The number of rotatable bonds is 2. The Morgan fingerprint density at radius 1 is 1.12 bits per heavy atom. The van der Waals surface area contributed by atoms with Crippen molar-refractivity contribution in [2.45, 2.75) is 25.8 Å². The van der Waals surface area contributed by atoms with Crippen LogP contribution in [0.1, 0.15) is 19.8 Å². The molecule has 0 radical (unpaired) electrons. The molecular weight excluding hydrogens is 206 g/mol. The summed E-state index contributed by atoms with van der Waals surface area (Å²) < 4.78 is 0. The summed E-state index contributed by atoms with van der Waals surface area (Å²) >= 11 is 0. The van der Waals surface area contributed by atoms with Crippen LogP contribution in [0.2, 0.25) is 0 Å². The van der Waals surface area contributed by atoms with Gasteiger partial charge in [-0.25, -0.2) is 0 Å². The first-order valence-corrected chi connectivity index (χ1v) is 5.92. The molecule has 5 nitrogen and oxygen atoms in total. The molecule has 1 atom stereocenters. The zero-order valence-electron chi connectivity index (χ0n) is 9.69. The topological polar surface area (TPSA) is 66.6 Å². The van der Waals surface area contributed by atoms with Crippen LogP contribution in [0.15, 0.2) is 0 Å². The van der Waals surface area contributed by atoms with Gasteiger partial charge >= 0.3 is 0 Å². The molecule has 16 heavy (non-hydrogen) atoms. The van der Waals surface area contributed by atoms with E-state index < -0.39 is 6.04 Å². The van der Waals surface area contributed by atoms with Crippen LogP contribution in [-0.2, 0) is 9.59 Å². The molecule has 5 heteroatoms. The number of amides is 2. The highest BCUT2D eigenvalue weighted by Crippen LogP contribution is 2.31. The Balaban J connectivity index is 1.82. The lowest BCUT2D eigenvalue weighted by Gasteiger charge is -2.35. The highest BCUT2D eigenvalue weighted by atomic mass is 16.2. The van der Waals surface area contributed by atoms with E-state index in [0.717, 1.165) is 12.8 Å². The van der Waals surface area contributed by atoms with Crippen molar-refractivity contribution in [3.63, 3.8) is 0 Å². The number of piperazine rings is 1. The fourth-order valence-corrected chi connectivity index (χ4v) is 2.02. The molecule has 1 saturated carbocycles. The fourth-order valence-electron chi connectivity index (χ4n) is 2.02. The van der Waals surface area contributed by atoms with Gasteiger partial charge in [-0.2, -0.15) is 0 Å². The van der Waals surface area contributed by atoms with E-state index in [1.165, 1.54) is 0 Å². The maximum Gasteiger partial charge on any atom is 0.239 e.